The van der Waals surface area contributed by atoms with Crippen LogP contribution in [0.1, 0.15) is 85.0 Å². The van der Waals surface area contributed by atoms with Crippen LogP contribution in [0.25, 0.3) is 0 Å². The molecule has 1 fully saturated rings. The smallest absolute Gasteiger partial charge is 0.0206 e. The molecule has 0 aromatic carbocycles. The summed E-state index contributed by atoms with van der Waals surface area (Å²) in [4.78, 5) is 0. The quantitative estimate of drug-likeness (QED) is 0.439. The highest BCUT2D eigenvalue weighted by molar-refractivity contribution is 5.03. The molecule has 0 bridgehead atoms. The standard InChI is InChI=1S/C18H34/c1-5-10-18(11-6-2)16(4)15(3)14-17-12-8-7-9-13-17/h16-18H,3,5-14H2,1-2,4H3/t16-/m1/s1. The molecule has 18 heavy (non-hydrogen) atoms. The number of hydrogen-bond donors (Lipinski definition) is 0. The zero-order valence-corrected chi connectivity index (χ0v) is 13.0. The van der Waals surface area contributed by atoms with E-state index >= 15 is 0 Å². The molecule has 0 nitrogen and oxygen atoms in total. The minimum Gasteiger partial charge on any atom is -0.0996 e. The molecule has 0 aliphatic heterocycles. The van der Waals surface area contributed by atoms with E-state index < -0.39 is 0 Å². The van der Waals surface area contributed by atoms with Crippen LogP contribution in [-0.2, 0) is 0 Å². The molecule has 1 rings (SSSR count). The summed E-state index contributed by atoms with van der Waals surface area (Å²) < 4.78 is 0. The molecule has 1 aliphatic rings. The SMILES string of the molecule is C=C(CC1CCCCC1)[C@@H](C)C(CCC)CCC. The average molecular weight is 250 g/mol. The molecule has 0 heterocycles. The predicted molar refractivity (Wildman–Crippen MR) is 82.8 cm³/mol. The first-order chi connectivity index (χ1) is 8.69. The molecular weight excluding hydrogens is 216 g/mol. The van der Waals surface area contributed by atoms with Crippen molar-refractivity contribution < 1.29 is 0 Å². The van der Waals surface area contributed by atoms with Crippen molar-refractivity contribution in [2.45, 2.75) is 85.0 Å². The predicted octanol–water partition coefficient (Wildman–Crippen LogP) is 6.37. The molecule has 1 saturated carbocycles. The van der Waals surface area contributed by atoms with Gasteiger partial charge in [0, 0.05) is 0 Å². The van der Waals surface area contributed by atoms with Gasteiger partial charge in [-0.25, -0.2) is 0 Å². The van der Waals surface area contributed by atoms with Gasteiger partial charge in [-0.15, -0.1) is 0 Å². The van der Waals surface area contributed by atoms with E-state index in [0.717, 1.165) is 17.8 Å². The number of allylic oxidation sites excluding steroid dienone is 1. The lowest BCUT2D eigenvalue weighted by Crippen LogP contribution is -2.16. The second-order valence-electron chi connectivity index (χ2n) is 6.49. The Morgan fingerprint density at radius 2 is 1.61 bits per heavy atom. The minimum atomic E-state index is 0.742. The second kappa shape index (κ2) is 8.77. The van der Waals surface area contributed by atoms with Crippen LogP contribution in [0, 0.1) is 17.8 Å². The Balaban J connectivity index is 2.41. The van der Waals surface area contributed by atoms with E-state index in [1.54, 1.807) is 5.57 Å². The molecule has 0 heteroatoms. The van der Waals surface area contributed by atoms with Gasteiger partial charge in [0.1, 0.15) is 0 Å². The molecule has 0 aromatic heterocycles. The van der Waals surface area contributed by atoms with E-state index in [1.165, 1.54) is 64.2 Å². The van der Waals surface area contributed by atoms with Gasteiger partial charge in [0.2, 0.25) is 0 Å². The summed E-state index contributed by atoms with van der Waals surface area (Å²) in [7, 11) is 0. The fourth-order valence-electron chi connectivity index (χ4n) is 3.67. The molecule has 1 aliphatic carbocycles. The van der Waals surface area contributed by atoms with Crippen LogP contribution in [-0.4, -0.2) is 0 Å². The van der Waals surface area contributed by atoms with Gasteiger partial charge in [0.05, 0.1) is 0 Å². The summed E-state index contributed by atoms with van der Waals surface area (Å²) in [6.07, 6.45) is 14.0. The Bertz CT molecular complexity index is 216. The van der Waals surface area contributed by atoms with Crippen molar-refractivity contribution in [3.63, 3.8) is 0 Å². The second-order valence-corrected chi connectivity index (χ2v) is 6.49. The van der Waals surface area contributed by atoms with Crippen LogP contribution in [0.4, 0.5) is 0 Å². The van der Waals surface area contributed by atoms with Crippen molar-refractivity contribution in [1.29, 1.82) is 0 Å². The third-order valence-electron chi connectivity index (χ3n) is 4.95. The van der Waals surface area contributed by atoms with E-state index in [2.05, 4.69) is 27.4 Å². The molecule has 0 spiro atoms. The Labute approximate surface area is 115 Å². The summed E-state index contributed by atoms with van der Waals surface area (Å²) in [6, 6.07) is 0. The third kappa shape index (κ3) is 5.16. The van der Waals surface area contributed by atoms with Gasteiger partial charge < -0.3 is 0 Å². The molecule has 0 aromatic rings. The normalized spacial score (nSPS) is 19.1. The first kappa shape index (κ1) is 15.8. The van der Waals surface area contributed by atoms with Crippen LogP contribution in [0.15, 0.2) is 12.2 Å². The fourth-order valence-corrected chi connectivity index (χ4v) is 3.67. The van der Waals surface area contributed by atoms with Crippen molar-refractivity contribution in [2.24, 2.45) is 17.8 Å². The maximum atomic E-state index is 4.43. The van der Waals surface area contributed by atoms with Crippen LogP contribution in [0.2, 0.25) is 0 Å². The zero-order valence-electron chi connectivity index (χ0n) is 13.0. The monoisotopic (exact) mass is 250 g/mol. The summed E-state index contributed by atoms with van der Waals surface area (Å²) in [6.45, 7) is 11.5. The van der Waals surface area contributed by atoms with Crippen LogP contribution in [0.5, 0.6) is 0 Å². The van der Waals surface area contributed by atoms with Gasteiger partial charge in [0.15, 0.2) is 0 Å². The van der Waals surface area contributed by atoms with Crippen molar-refractivity contribution in [3.05, 3.63) is 12.2 Å². The molecule has 0 amide bonds. The highest BCUT2D eigenvalue weighted by Gasteiger charge is 2.21. The van der Waals surface area contributed by atoms with Crippen molar-refractivity contribution in [1.82, 2.24) is 0 Å². The Kier molecular flexibility index (Phi) is 7.70. The van der Waals surface area contributed by atoms with Crippen LogP contribution in [0.3, 0.4) is 0 Å². The van der Waals surface area contributed by atoms with Gasteiger partial charge in [0.25, 0.3) is 0 Å². The first-order valence-electron chi connectivity index (χ1n) is 8.36. The lowest BCUT2D eigenvalue weighted by molar-refractivity contribution is 0.307. The van der Waals surface area contributed by atoms with Gasteiger partial charge in [-0.05, 0) is 24.2 Å². The summed E-state index contributed by atoms with van der Waals surface area (Å²) >= 11 is 0. The lowest BCUT2D eigenvalue weighted by atomic mass is 9.77. The van der Waals surface area contributed by atoms with Crippen molar-refractivity contribution >= 4 is 0 Å². The van der Waals surface area contributed by atoms with Crippen LogP contribution < -0.4 is 0 Å². The van der Waals surface area contributed by atoms with Gasteiger partial charge in [-0.2, -0.15) is 0 Å². The molecule has 1 atom stereocenters. The molecule has 0 N–H and O–H groups in total. The van der Waals surface area contributed by atoms with Gasteiger partial charge in [-0.3, -0.25) is 0 Å². The maximum Gasteiger partial charge on any atom is -0.0206 e. The molecule has 0 unspecified atom stereocenters. The molecule has 106 valence electrons. The Hall–Kier alpha value is -0.260. The topological polar surface area (TPSA) is 0 Å². The van der Waals surface area contributed by atoms with Crippen molar-refractivity contribution in [3.8, 4) is 0 Å². The Morgan fingerprint density at radius 1 is 1.06 bits per heavy atom. The van der Waals surface area contributed by atoms with Gasteiger partial charge in [-0.1, -0.05) is 90.7 Å². The highest BCUT2D eigenvalue weighted by Crippen LogP contribution is 2.35. The minimum absolute atomic E-state index is 0.742. The van der Waals surface area contributed by atoms with E-state index in [0.29, 0.717) is 0 Å². The van der Waals surface area contributed by atoms with E-state index in [1.807, 2.05) is 0 Å². The zero-order chi connectivity index (χ0) is 13.4. The van der Waals surface area contributed by atoms with E-state index in [-0.39, 0.29) is 0 Å². The molecule has 0 radical (unpaired) electrons. The summed E-state index contributed by atoms with van der Waals surface area (Å²) in [5, 5.41) is 0. The van der Waals surface area contributed by atoms with Crippen molar-refractivity contribution in [2.75, 3.05) is 0 Å². The van der Waals surface area contributed by atoms with Crippen LogP contribution >= 0.6 is 0 Å². The van der Waals surface area contributed by atoms with Gasteiger partial charge >= 0.3 is 0 Å². The first-order valence-corrected chi connectivity index (χ1v) is 8.36. The lowest BCUT2D eigenvalue weighted by Gasteiger charge is -2.29. The molecular formula is C18H34. The molecule has 0 saturated heterocycles. The fraction of sp³-hybridized carbons (Fsp3) is 0.889. The maximum absolute atomic E-state index is 4.43. The average Bonchev–Trinajstić information content (AvgIpc) is 2.39. The largest absolute Gasteiger partial charge is 0.0996 e. The van der Waals surface area contributed by atoms with E-state index in [4.69, 9.17) is 0 Å². The summed E-state index contributed by atoms with van der Waals surface area (Å²) in [5.74, 6) is 2.58. The number of rotatable bonds is 8. The highest BCUT2D eigenvalue weighted by atomic mass is 14.3. The Morgan fingerprint density at radius 3 is 2.11 bits per heavy atom. The third-order valence-corrected chi connectivity index (χ3v) is 4.95. The van der Waals surface area contributed by atoms with E-state index in [9.17, 15) is 0 Å². The number of hydrogen-bond acceptors (Lipinski definition) is 0. The summed E-state index contributed by atoms with van der Waals surface area (Å²) in [5.41, 5.74) is 1.55.